The maximum Gasteiger partial charge on any atom is 0.337 e. The summed E-state index contributed by atoms with van der Waals surface area (Å²) >= 11 is 0. The van der Waals surface area contributed by atoms with Crippen LogP contribution in [0.2, 0.25) is 0 Å². The van der Waals surface area contributed by atoms with E-state index in [1.807, 2.05) is 12.1 Å². The normalized spacial score (nSPS) is 11.3. The van der Waals surface area contributed by atoms with Crippen molar-refractivity contribution in [1.29, 1.82) is 0 Å². The van der Waals surface area contributed by atoms with Crippen molar-refractivity contribution in [3.63, 3.8) is 0 Å². The Balaban J connectivity index is 1.55. The maximum absolute atomic E-state index is 12.3. The van der Waals surface area contributed by atoms with Crippen LogP contribution in [0.25, 0.3) is 0 Å². The molecule has 0 aliphatic carbocycles. The number of carbonyl (C=O) groups excluding carboxylic acids is 2. The summed E-state index contributed by atoms with van der Waals surface area (Å²) in [7, 11) is 4.36. The lowest BCUT2D eigenvalue weighted by Crippen LogP contribution is -2.28. The SMILES string of the molecule is CNC(O)c1cc(Oc2ccc(CNC(=O)Nc3ccc(C(=O)OC)cc3OC)cc2)ccn1. The molecule has 0 saturated carbocycles. The van der Waals surface area contributed by atoms with Gasteiger partial charge in [-0.3, -0.25) is 10.3 Å². The van der Waals surface area contributed by atoms with Crippen LogP contribution in [0.5, 0.6) is 17.2 Å². The predicted octanol–water partition coefficient (Wildman–Crippen LogP) is 3.20. The number of benzene rings is 2. The maximum atomic E-state index is 12.3. The first-order chi connectivity index (χ1) is 16.4. The highest BCUT2D eigenvalue weighted by atomic mass is 16.5. The molecule has 1 unspecified atom stereocenters. The summed E-state index contributed by atoms with van der Waals surface area (Å²) in [4.78, 5) is 28.1. The van der Waals surface area contributed by atoms with Crippen LogP contribution in [0.3, 0.4) is 0 Å². The second-order valence-corrected chi connectivity index (χ2v) is 7.07. The van der Waals surface area contributed by atoms with Crippen molar-refractivity contribution < 1.29 is 28.9 Å². The van der Waals surface area contributed by atoms with E-state index in [4.69, 9.17) is 9.47 Å². The summed E-state index contributed by atoms with van der Waals surface area (Å²) in [5.41, 5.74) is 2.03. The van der Waals surface area contributed by atoms with Crippen LogP contribution in [-0.2, 0) is 11.3 Å². The number of aliphatic hydroxyl groups is 1. The van der Waals surface area contributed by atoms with Crippen molar-refractivity contribution >= 4 is 17.7 Å². The van der Waals surface area contributed by atoms with Gasteiger partial charge in [0.15, 0.2) is 0 Å². The van der Waals surface area contributed by atoms with Gasteiger partial charge in [0.25, 0.3) is 0 Å². The standard InChI is InChI=1S/C24H26N4O6/c1-25-22(29)20-13-18(10-11-26-20)34-17-7-4-15(5-8-17)14-27-24(31)28-19-9-6-16(23(30)33-3)12-21(19)32-2/h4-13,22,25,29H,14H2,1-3H3,(H2,27,28,31). The molecule has 1 heterocycles. The van der Waals surface area contributed by atoms with Gasteiger partial charge in [0.1, 0.15) is 23.5 Å². The minimum Gasteiger partial charge on any atom is -0.495 e. The molecule has 34 heavy (non-hydrogen) atoms. The van der Waals surface area contributed by atoms with Crippen LogP contribution in [0.4, 0.5) is 10.5 Å². The van der Waals surface area contributed by atoms with E-state index >= 15 is 0 Å². The fourth-order valence-corrected chi connectivity index (χ4v) is 2.99. The number of urea groups is 1. The fourth-order valence-electron chi connectivity index (χ4n) is 2.99. The van der Waals surface area contributed by atoms with Crippen LogP contribution >= 0.6 is 0 Å². The Morgan fingerprint density at radius 1 is 1.03 bits per heavy atom. The largest absolute Gasteiger partial charge is 0.495 e. The molecule has 2 aromatic carbocycles. The number of hydrogen-bond donors (Lipinski definition) is 4. The Bertz CT molecular complexity index is 1140. The fraction of sp³-hybridized carbons (Fsp3) is 0.208. The van der Waals surface area contributed by atoms with E-state index in [-0.39, 0.29) is 6.54 Å². The van der Waals surface area contributed by atoms with E-state index in [2.05, 4.69) is 25.7 Å². The van der Waals surface area contributed by atoms with E-state index in [1.165, 1.54) is 26.4 Å². The molecule has 0 aliphatic rings. The Kier molecular flexibility index (Phi) is 8.38. The molecule has 10 nitrogen and oxygen atoms in total. The van der Waals surface area contributed by atoms with E-state index in [0.29, 0.717) is 34.2 Å². The molecule has 0 saturated heterocycles. The first-order valence-corrected chi connectivity index (χ1v) is 10.3. The van der Waals surface area contributed by atoms with Gasteiger partial charge in [0.05, 0.1) is 31.2 Å². The quantitative estimate of drug-likeness (QED) is 0.279. The van der Waals surface area contributed by atoms with Crippen LogP contribution in [-0.4, -0.2) is 43.4 Å². The minimum atomic E-state index is -0.881. The molecule has 0 aliphatic heterocycles. The summed E-state index contributed by atoms with van der Waals surface area (Å²) in [5, 5.41) is 18.0. The Hall–Kier alpha value is -4.15. The van der Waals surface area contributed by atoms with Crippen LogP contribution in [0.1, 0.15) is 27.8 Å². The number of aliphatic hydroxyl groups excluding tert-OH is 1. The van der Waals surface area contributed by atoms with E-state index in [1.54, 1.807) is 43.6 Å². The van der Waals surface area contributed by atoms with Gasteiger partial charge in [-0.25, -0.2) is 9.59 Å². The first kappa shape index (κ1) is 24.5. The highest BCUT2D eigenvalue weighted by molar-refractivity contribution is 5.94. The summed E-state index contributed by atoms with van der Waals surface area (Å²) in [6.07, 6.45) is 0.675. The molecule has 3 rings (SSSR count). The van der Waals surface area contributed by atoms with Gasteiger partial charge in [0.2, 0.25) is 0 Å². The van der Waals surface area contributed by atoms with Crippen LogP contribution < -0.4 is 25.4 Å². The Morgan fingerprint density at radius 2 is 1.79 bits per heavy atom. The smallest absolute Gasteiger partial charge is 0.337 e. The highest BCUT2D eigenvalue weighted by Gasteiger charge is 2.12. The topological polar surface area (TPSA) is 131 Å². The van der Waals surface area contributed by atoms with Crippen molar-refractivity contribution in [1.82, 2.24) is 15.6 Å². The summed E-state index contributed by atoms with van der Waals surface area (Å²) in [5.74, 6) is 0.971. The third-order valence-corrected chi connectivity index (χ3v) is 4.79. The van der Waals surface area contributed by atoms with Crippen molar-refractivity contribution in [3.8, 4) is 17.2 Å². The molecule has 0 fully saturated rings. The lowest BCUT2D eigenvalue weighted by atomic mass is 10.2. The third-order valence-electron chi connectivity index (χ3n) is 4.79. The zero-order valence-corrected chi connectivity index (χ0v) is 19.0. The summed E-state index contributed by atoms with van der Waals surface area (Å²) in [6.45, 7) is 0.280. The molecule has 1 aromatic heterocycles. The monoisotopic (exact) mass is 466 g/mol. The van der Waals surface area contributed by atoms with E-state index < -0.39 is 18.2 Å². The van der Waals surface area contributed by atoms with E-state index in [9.17, 15) is 14.7 Å². The van der Waals surface area contributed by atoms with Crippen molar-refractivity contribution in [2.75, 3.05) is 26.6 Å². The number of nitrogens with one attached hydrogen (secondary N) is 3. The number of methoxy groups -OCH3 is 2. The van der Waals surface area contributed by atoms with E-state index in [0.717, 1.165) is 5.56 Å². The average molecular weight is 466 g/mol. The van der Waals surface area contributed by atoms with Gasteiger partial charge >= 0.3 is 12.0 Å². The number of ether oxygens (including phenoxy) is 3. The van der Waals surface area contributed by atoms with Crippen molar-refractivity contribution in [2.24, 2.45) is 0 Å². The van der Waals surface area contributed by atoms with Gasteiger partial charge in [-0.05, 0) is 49.0 Å². The molecular weight excluding hydrogens is 440 g/mol. The molecule has 3 aromatic rings. The van der Waals surface area contributed by atoms with Crippen molar-refractivity contribution in [2.45, 2.75) is 12.8 Å². The number of nitrogens with zero attached hydrogens (tertiary/aromatic N) is 1. The number of aromatic nitrogens is 1. The molecule has 0 radical (unpaired) electrons. The average Bonchev–Trinajstić information content (AvgIpc) is 2.87. The second-order valence-electron chi connectivity index (χ2n) is 7.07. The summed E-state index contributed by atoms with van der Waals surface area (Å²) in [6, 6.07) is 14.7. The van der Waals surface area contributed by atoms with Gasteiger partial charge in [-0.2, -0.15) is 0 Å². The molecule has 4 N–H and O–H groups in total. The lowest BCUT2D eigenvalue weighted by molar-refractivity contribution is 0.0600. The number of amides is 2. The molecule has 178 valence electrons. The molecule has 0 spiro atoms. The number of carbonyl (C=O) groups is 2. The van der Waals surface area contributed by atoms with Crippen LogP contribution in [0, 0.1) is 0 Å². The van der Waals surface area contributed by atoms with Gasteiger partial charge < -0.3 is 30.0 Å². The zero-order chi connectivity index (χ0) is 24.5. The minimum absolute atomic E-state index is 0.280. The third kappa shape index (κ3) is 6.44. The van der Waals surface area contributed by atoms with Gasteiger partial charge in [0, 0.05) is 18.8 Å². The molecule has 0 bridgehead atoms. The second kappa shape index (κ2) is 11.6. The number of pyridine rings is 1. The molecular formula is C24H26N4O6. The Morgan fingerprint density at radius 3 is 2.47 bits per heavy atom. The summed E-state index contributed by atoms with van der Waals surface area (Å²) < 4.78 is 15.7. The Labute approximate surface area is 196 Å². The molecule has 1 atom stereocenters. The molecule has 10 heteroatoms. The predicted molar refractivity (Wildman–Crippen MR) is 125 cm³/mol. The number of anilines is 1. The van der Waals surface area contributed by atoms with Gasteiger partial charge in [-0.15, -0.1) is 0 Å². The number of rotatable bonds is 9. The van der Waals surface area contributed by atoms with Crippen molar-refractivity contribution in [3.05, 3.63) is 77.6 Å². The van der Waals surface area contributed by atoms with Crippen LogP contribution in [0.15, 0.2) is 60.8 Å². The van der Waals surface area contributed by atoms with Gasteiger partial charge in [-0.1, -0.05) is 12.1 Å². The molecule has 2 amide bonds. The number of hydrogen-bond acceptors (Lipinski definition) is 8. The number of esters is 1. The first-order valence-electron chi connectivity index (χ1n) is 10.3. The zero-order valence-electron chi connectivity index (χ0n) is 19.0. The highest BCUT2D eigenvalue weighted by Crippen LogP contribution is 2.26. The lowest BCUT2D eigenvalue weighted by Gasteiger charge is -2.13.